The molecular formula is C13H8ClN3O2. The van der Waals surface area contributed by atoms with Crippen LogP contribution in [0.15, 0.2) is 41.5 Å². The molecule has 6 heteroatoms. The van der Waals surface area contributed by atoms with Crippen LogP contribution in [0.25, 0.3) is 22.3 Å². The molecule has 2 N–H and O–H groups in total. The van der Waals surface area contributed by atoms with Gasteiger partial charge in [-0.2, -0.15) is 0 Å². The fourth-order valence-corrected chi connectivity index (χ4v) is 2.14. The predicted octanol–water partition coefficient (Wildman–Crippen LogP) is 2.34. The Hall–Kier alpha value is -2.40. The molecule has 2 heterocycles. The van der Waals surface area contributed by atoms with Crippen molar-refractivity contribution in [3.63, 3.8) is 0 Å². The monoisotopic (exact) mass is 273 g/mol. The van der Waals surface area contributed by atoms with Crippen molar-refractivity contribution < 1.29 is 5.11 Å². The zero-order valence-corrected chi connectivity index (χ0v) is 10.3. The number of fused-ring (bicyclic) bond motifs is 1. The molecule has 0 spiro atoms. The second kappa shape index (κ2) is 4.37. The van der Waals surface area contributed by atoms with Crippen LogP contribution >= 0.6 is 11.6 Å². The molecule has 5 nitrogen and oxygen atoms in total. The van der Waals surface area contributed by atoms with E-state index >= 15 is 0 Å². The fourth-order valence-electron chi connectivity index (χ4n) is 1.91. The van der Waals surface area contributed by atoms with E-state index in [1.54, 1.807) is 24.3 Å². The van der Waals surface area contributed by atoms with Crippen molar-refractivity contribution in [2.24, 2.45) is 0 Å². The van der Waals surface area contributed by atoms with E-state index in [1.807, 2.05) is 0 Å². The van der Waals surface area contributed by atoms with Crippen LogP contribution in [0.5, 0.6) is 5.75 Å². The first-order valence-corrected chi connectivity index (χ1v) is 5.87. The molecule has 0 unspecified atom stereocenters. The van der Waals surface area contributed by atoms with Crippen molar-refractivity contribution in [3.8, 4) is 16.9 Å². The Bertz CT molecular complexity index is 829. The van der Waals surface area contributed by atoms with Crippen LogP contribution < -0.4 is 5.56 Å². The second-order valence-electron chi connectivity index (χ2n) is 3.91. The molecule has 0 amide bonds. The lowest BCUT2D eigenvalue weighted by molar-refractivity contribution is 0.481. The van der Waals surface area contributed by atoms with Crippen molar-refractivity contribution >= 4 is 22.8 Å². The average Bonchev–Trinajstić information content (AvgIpc) is 2.41. The van der Waals surface area contributed by atoms with Gasteiger partial charge >= 0.3 is 0 Å². The number of hydrogen-bond donors (Lipinski definition) is 2. The molecule has 1 aromatic carbocycles. The van der Waals surface area contributed by atoms with Crippen LogP contribution in [0, 0.1) is 0 Å². The standard InChI is InChI=1S/C13H8ClN3O2/c14-8-4-2-1-3-7(8)9-11(18)10-12(17-13(9)19)16-6-5-15-10/h1-6H,(H2,16,17,18,19). The number of nitrogens with one attached hydrogen (secondary N) is 1. The van der Waals surface area contributed by atoms with Gasteiger partial charge in [-0.05, 0) is 6.07 Å². The molecule has 0 aliphatic heterocycles. The molecule has 2 aromatic heterocycles. The molecule has 3 aromatic rings. The first kappa shape index (κ1) is 11.7. The summed E-state index contributed by atoms with van der Waals surface area (Å²) < 4.78 is 0. The largest absolute Gasteiger partial charge is 0.505 e. The Labute approximate surface area is 112 Å². The van der Waals surface area contributed by atoms with E-state index in [1.165, 1.54) is 12.4 Å². The maximum atomic E-state index is 12.1. The quantitative estimate of drug-likeness (QED) is 0.713. The van der Waals surface area contributed by atoms with Crippen LogP contribution in [-0.4, -0.2) is 20.1 Å². The minimum absolute atomic E-state index is 0.0959. The highest BCUT2D eigenvalue weighted by Gasteiger charge is 2.16. The highest BCUT2D eigenvalue weighted by Crippen LogP contribution is 2.33. The molecule has 0 fully saturated rings. The molecular weight excluding hydrogens is 266 g/mol. The minimum atomic E-state index is -0.460. The summed E-state index contributed by atoms with van der Waals surface area (Å²) in [5.74, 6) is -0.222. The molecule has 0 aliphatic rings. The highest BCUT2D eigenvalue weighted by atomic mass is 35.5. The maximum Gasteiger partial charge on any atom is 0.261 e. The van der Waals surface area contributed by atoms with Gasteiger partial charge in [0.2, 0.25) is 0 Å². The number of H-pyrrole nitrogens is 1. The molecule has 0 aliphatic carbocycles. The topological polar surface area (TPSA) is 78.9 Å². The normalized spacial score (nSPS) is 10.8. The fraction of sp³-hybridized carbons (Fsp3) is 0. The van der Waals surface area contributed by atoms with Gasteiger partial charge in [0.25, 0.3) is 5.56 Å². The van der Waals surface area contributed by atoms with Crippen molar-refractivity contribution in [1.29, 1.82) is 0 Å². The summed E-state index contributed by atoms with van der Waals surface area (Å²) in [7, 11) is 0. The van der Waals surface area contributed by atoms with Gasteiger partial charge in [-0.1, -0.05) is 29.8 Å². The van der Waals surface area contributed by atoms with Crippen molar-refractivity contribution in [3.05, 3.63) is 52.0 Å². The lowest BCUT2D eigenvalue weighted by Gasteiger charge is -2.07. The lowest BCUT2D eigenvalue weighted by atomic mass is 10.1. The smallest absolute Gasteiger partial charge is 0.261 e. The highest BCUT2D eigenvalue weighted by molar-refractivity contribution is 6.33. The van der Waals surface area contributed by atoms with E-state index in [0.717, 1.165) is 0 Å². The Kier molecular flexibility index (Phi) is 2.68. The summed E-state index contributed by atoms with van der Waals surface area (Å²) in [5.41, 5.74) is 0.561. The number of aromatic amines is 1. The number of pyridine rings is 1. The Morgan fingerprint density at radius 3 is 2.68 bits per heavy atom. The van der Waals surface area contributed by atoms with Gasteiger partial charge in [-0.15, -0.1) is 0 Å². The van der Waals surface area contributed by atoms with Gasteiger partial charge in [0.1, 0.15) is 5.52 Å². The molecule has 3 rings (SSSR count). The molecule has 0 saturated carbocycles. The van der Waals surface area contributed by atoms with Crippen molar-refractivity contribution in [2.75, 3.05) is 0 Å². The summed E-state index contributed by atoms with van der Waals surface area (Å²) in [6, 6.07) is 6.80. The Balaban J connectivity index is 2.43. The molecule has 0 saturated heterocycles. The van der Waals surface area contributed by atoms with Gasteiger partial charge in [0.05, 0.1) is 5.56 Å². The van der Waals surface area contributed by atoms with Gasteiger partial charge in [-0.3, -0.25) is 4.79 Å². The lowest BCUT2D eigenvalue weighted by Crippen LogP contribution is -2.10. The van der Waals surface area contributed by atoms with Crippen molar-refractivity contribution in [2.45, 2.75) is 0 Å². The zero-order chi connectivity index (χ0) is 13.4. The molecule has 19 heavy (non-hydrogen) atoms. The number of aromatic hydroxyl groups is 1. The van der Waals surface area contributed by atoms with E-state index in [2.05, 4.69) is 15.0 Å². The summed E-state index contributed by atoms with van der Waals surface area (Å²) >= 11 is 6.05. The van der Waals surface area contributed by atoms with Gasteiger partial charge in [-0.25, -0.2) is 9.97 Å². The third-order valence-electron chi connectivity index (χ3n) is 2.76. The third-order valence-corrected chi connectivity index (χ3v) is 3.09. The van der Waals surface area contributed by atoms with E-state index in [-0.39, 0.29) is 22.5 Å². The van der Waals surface area contributed by atoms with Gasteiger partial charge < -0.3 is 10.1 Å². The number of rotatable bonds is 1. The van der Waals surface area contributed by atoms with Crippen LogP contribution in [-0.2, 0) is 0 Å². The Morgan fingerprint density at radius 1 is 1.16 bits per heavy atom. The second-order valence-corrected chi connectivity index (χ2v) is 4.32. The Morgan fingerprint density at radius 2 is 1.89 bits per heavy atom. The van der Waals surface area contributed by atoms with Crippen molar-refractivity contribution in [1.82, 2.24) is 15.0 Å². The van der Waals surface area contributed by atoms with Gasteiger partial charge in [0, 0.05) is 23.0 Å². The van der Waals surface area contributed by atoms with E-state index in [9.17, 15) is 9.90 Å². The van der Waals surface area contributed by atoms with E-state index in [4.69, 9.17) is 11.6 Å². The predicted molar refractivity (Wildman–Crippen MR) is 72.3 cm³/mol. The van der Waals surface area contributed by atoms with Crippen LogP contribution in [0.2, 0.25) is 5.02 Å². The summed E-state index contributed by atoms with van der Waals surface area (Å²) in [6.07, 6.45) is 2.88. The van der Waals surface area contributed by atoms with Gasteiger partial charge in [0.15, 0.2) is 11.4 Å². The van der Waals surface area contributed by atoms with Crippen LogP contribution in [0.4, 0.5) is 0 Å². The summed E-state index contributed by atoms with van der Waals surface area (Å²) in [5, 5.41) is 10.6. The van der Waals surface area contributed by atoms with E-state index < -0.39 is 5.56 Å². The van der Waals surface area contributed by atoms with Crippen LogP contribution in [0.3, 0.4) is 0 Å². The minimum Gasteiger partial charge on any atom is -0.505 e. The molecule has 0 bridgehead atoms. The first-order chi connectivity index (χ1) is 9.18. The molecule has 0 radical (unpaired) electrons. The zero-order valence-electron chi connectivity index (χ0n) is 9.59. The summed E-state index contributed by atoms with van der Waals surface area (Å²) in [4.78, 5) is 22.6. The molecule has 0 atom stereocenters. The maximum absolute atomic E-state index is 12.1. The summed E-state index contributed by atoms with van der Waals surface area (Å²) in [6.45, 7) is 0. The first-order valence-electron chi connectivity index (χ1n) is 5.49. The number of benzene rings is 1. The molecule has 94 valence electrons. The number of halogens is 1. The van der Waals surface area contributed by atoms with E-state index in [0.29, 0.717) is 10.6 Å². The number of aromatic nitrogens is 3. The third kappa shape index (κ3) is 1.84. The number of nitrogens with zero attached hydrogens (tertiary/aromatic N) is 2. The van der Waals surface area contributed by atoms with Crippen LogP contribution in [0.1, 0.15) is 0 Å². The average molecular weight is 274 g/mol. The number of hydrogen-bond acceptors (Lipinski definition) is 4. The SMILES string of the molecule is O=c1[nH]c2nccnc2c(O)c1-c1ccccc1Cl.